The summed E-state index contributed by atoms with van der Waals surface area (Å²) in [5.74, 6) is 0.857. The fourth-order valence-corrected chi connectivity index (χ4v) is 2.68. The Hall–Kier alpha value is -1.36. The molecule has 0 unspecified atom stereocenters. The van der Waals surface area contributed by atoms with Crippen LogP contribution in [0.1, 0.15) is 62.7 Å². The number of oxazole rings is 1. The lowest BCUT2D eigenvalue weighted by Crippen LogP contribution is -2.39. The summed E-state index contributed by atoms with van der Waals surface area (Å²) in [7, 11) is 0. The first kappa shape index (κ1) is 15.0. The number of nitrogens with one attached hydrogen (secondary N) is 1. The van der Waals surface area contributed by atoms with Gasteiger partial charge in [-0.05, 0) is 31.6 Å². The highest BCUT2D eigenvalue weighted by Gasteiger charge is 2.29. The summed E-state index contributed by atoms with van der Waals surface area (Å²) in [6.45, 7) is 6.24. The zero-order chi connectivity index (χ0) is 14.8. The van der Waals surface area contributed by atoms with Gasteiger partial charge >= 0.3 is 0 Å². The van der Waals surface area contributed by atoms with Gasteiger partial charge in [-0.25, -0.2) is 4.98 Å². The van der Waals surface area contributed by atoms with Gasteiger partial charge < -0.3 is 14.8 Å². The number of carbonyl (C=O) groups is 1. The summed E-state index contributed by atoms with van der Waals surface area (Å²) >= 11 is 0. The minimum Gasteiger partial charge on any atom is -0.447 e. The largest absolute Gasteiger partial charge is 0.447 e. The first-order valence-corrected chi connectivity index (χ1v) is 7.27. The first-order chi connectivity index (χ1) is 9.41. The van der Waals surface area contributed by atoms with Crippen LogP contribution in [0, 0.1) is 5.92 Å². The quantitative estimate of drug-likeness (QED) is 0.890. The summed E-state index contributed by atoms with van der Waals surface area (Å²) in [5.41, 5.74) is 0.152. The van der Waals surface area contributed by atoms with E-state index in [9.17, 15) is 4.79 Å². The van der Waals surface area contributed by atoms with Crippen molar-refractivity contribution in [3.8, 4) is 0 Å². The predicted octanol–water partition coefficient (Wildman–Crippen LogP) is 2.25. The average Bonchev–Trinajstić information content (AvgIpc) is 2.89. The Morgan fingerprint density at radius 3 is 2.60 bits per heavy atom. The second-order valence-corrected chi connectivity index (χ2v) is 6.65. The minimum absolute atomic E-state index is 0.156. The number of aliphatic hydroxyl groups is 1. The van der Waals surface area contributed by atoms with Crippen molar-refractivity contribution in [3.05, 3.63) is 17.8 Å². The Morgan fingerprint density at radius 1 is 1.40 bits per heavy atom. The second kappa shape index (κ2) is 5.95. The lowest BCUT2D eigenvalue weighted by molar-refractivity contribution is 0.0905. The molecule has 2 N–H and O–H groups in total. The molecule has 0 saturated heterocycles. The maximum Gasteiger partial charge on any atom is 0.273 e. The average molecular weight is 280 g/mol. The topological polar surface area (TPSA) is 75.4 Å². The number of hydrogen-bond donors (Lipinski definition) is 2. The van der Waals surface area contributed by atoms with Gasteiger partial charge in [0.25, 0.3) is 5.91 Å². The van der Waals surface area contributed by atoms with Crippen molar-refractivity contribution in [1.82, 2.24) is 10.3 Å². The van der Waals surface area contributed by atoms with Crippen LogP contribution in [0.2, 0.25) is 0 Å². The van der Waals surface area contributed by atoms with Crippen LogP contribution in [0.25, 0.3) is 0 Å². The van der Waals surface area contributed by atoms with E-state index in [2.05, 4.69) is 10.3 Å². The van der Waals surface area contributed by atoms with Crippen LogP contribution in [0.15, 0.2) is 10.8 Å². The molecule has 0 atom stereocenters. The molecule has 0 radical (unpaired) electrons. The predicted molar refractivity (Wildman–Crippen MR) is 75.5 cm³/mol. The van der Waals surface area contributed by atoms with Crippen LogP contribution in [-0.2, 0) is 5.41 Å². The summed E-state index contributed by atoms with van der Waals surface area (Å²) in [5, 5.41) is 12.2. The van der Waals surface area contributed by atoms with Gasteiger partial charge in [-0.3, -0.25) is 4.79 Å². The molecule has 1 aromatic rings. The molecule has 1 aliphatic rings. The number of aromatic nitrogens is 1. The number of rotatable bonds is 3. The highest BCUT2D eigenvalue weighted by atomic mass is 16.3. The van der Waals surface area contributed by atoms with Crippen molar-refractivity contribution in [3.63, 3.8) is 0 Å². The van der Waals surface area contributed by atoms with E-state index in [1.165, 1.54) is 6.39 Å². The Labute approximate surface area is 119 Å². The molecule has 1 saturated carbocycles. The van der Waals surface area contributed by atoms with Gasteiger partial charge in [-0.1, -0.05) is 20.8 Å². The van der Waals surface area contributed by atoms with E-state index in [1.54, 1.807) is 0 Å². The Bertz CT molecular complexity index is 454. The third-order valence-corrected chi connectivity index (χ3v) is 3.90. The van der Waals surface area contributed by atoms with Gasteiger partial charge in [0.1, 0.15) is 5.76 Å². The van der Waals surface area contributed by atoms with Gasteiger partial charge in [0.05, 0.1) is 0 Å². The standard InChI is InChI=1S/C15H24N2O3/c1-15(2,3)13-12(16-9-20-13)14(19)17-11-6-4-10(8-18)5-7-11/h9-11,18H,4-8H2,1-3H3,(H,17,19). The molecule has 5 nitrogen and oxygen atoms in total. The maximum atomic E-state index is 12.3. The summed E-state index contributed by atoms with van der Waals surface area (Å²) in [6.07, 6.45) is 5.09. The molecule has 1 aliphatic carbocycles. The monoisotopic (exact) mass is 280 g/mol. The van der Waals surface area contributed by atoms with E-state index in [-0.39, 0.29) is 24.0 Å². The van der Waals surface area contributed by atoms with E-state index in [4.69, 9.17) is 9.52 Å². The van der Waals surface area contributed by atoms with Gasteiger partial charge in [0, 0.05) is 18.1 Å². The molecule has 1 fully saturated rings. The molecule has 112 valence electrons. The highest BCUT2D eigenvalue weighted by Crippen LogP contribution is 2.27. The lowest BCUT2D eigenvalue weighted by Gasteiger charge is -2.28. The van der Waals surface area contributed by atoms with E-state index < -0.39 is 0 Å². The van der Waals surface area contributed by atoms with Crippen molar-refractivity contribution >= 4 is 5.91 Å². The molecular formula is C15H24N2O3. The van der Waals surface area contributed by atoms with Crippen molar-refractivity contribution in [1.29, 1.82) is 0 Å². The minimum atomic E-state index is -0.238. The summed E-state index contributed by atoms with van der Waals surface area (Å²) < 4.78 is 5.37. The third-order valence-electron chi connectivity index (χ3n) is 3.90. The molecule has 5 heteroatoms. The lowest BCUT2D eigenvalue weighted by atomic mass is 9.86. The molecule has 1 heterocycles. The zero-order valence-electron chi connectivity index (χ0n) is 12.5. The SMILES string of the molecule is CC(C)(C)c1ocnc1C(=O)NC1CCC(CO)CC1. The Balaban J connectivity index is 1.98. The van der Waals surface area contributed by atoms with E-state index >= 15 is 0 Å². The van der Waals surface area contributed by atoms with Crippen molar-refractivity contribution in [2.45, 2.75) is 57.9 Å². The van der Waals surface area contributed by atoms with Gasteiger partial charge in [-0.2, -0.15) is 0 Å². The number of nitrogens with zero attached hydrogens (tertiary/aromatic N) is 1. The van der Waals surface area contributed by atoms with Crippen LogP contribution < -0.4 is 5.32 Å². The van der Waals surface area contributed by atoms with Crippen LogP contribution in [-0.4, -0.2) is 28.6 Å². The van der Waals surface area contributed by atoms with Gasteiger partial charge in [-0.15, -0.1) is 0 Å². The maximum absolute atomic E-state index is 12.3. The van der Waals surface area contributed by atoms with Crippen LogP contribution in [0.3, 0.4) is 0 Å². The molecule has 0 aromatic carbocycles. The smallest absolute Gasteiger partial charge is 0.273 e. The summed E-state index contributed by atoms with van der Waals surface area (Å²) in [4.78, 5) is 16.4. The Kier molecular flexibility index (Phi) is 4.48. The molecule has 1 amide bonds. The van der Waals surface area contributed by atoms with E-state index in [0.29, 0.717) is 17.4 Å². The number of carbonyl (C=O) groups excluding carboxylic acids is 1. The van der Waals surface area contributed by atoms with Crippen molar-refractivity contribution < 1.29 is 14.3 Å². The number of hydrogen-bond acceptors (Lipinski definition) is 4. The first-order valence-electron chi connectivity index (χ1n) is 7.27. The normalized spacial score (nSPS) is 23.6. The number of aliphatic hydroxyl groups excluding tert-OH is 1. The number of amides is 1. The molecule has 0 bridgehead atoms. The highest BCUT2D eigenvalue weighted by molar-refractivity contribution is 5.93. The van der Waals surface area contributed by atoms with E-state index in [0.717, 1.165) is 25.7 Å². The van der Waals surface area contributed by atoms with Gasteiger partial charge in [0.15, 0.2) is 12.1 Å². The van der Waals surface area contributed by atoms with Crippen LogP contribution in [0.4, 0.5) is 0 Å². The molecule has 1 aromatic heterocycles. The van der Waals surface area contributed by atoms with Crippen LogP contribution >= 0.6 is 0 Å². The molecule has 0 aliphatic heterocycles. The molecule has 2 rings (SSSR count). The molecular weight excluding hydrogens is 256 g/mol. The van der Waals surface area contributed by atoms with E-state index in [1.807, 2.05) is 20.8 Å². The zero-order valence-corrected chi connectivity index (χ0v) is 12.5. The van der Waals surface area contributed by atoms with Crippen LogP contribution in [0.5, 0.6) is 0 Å². The third kappa shape index (κ3) is 3.39. The van der Waals surface area contributed by atoms with Crippen molar-refractivity contribution in [2.75, 3.05) is 6.61 Å². The fraction of sp³-hybridized carbons (Fsp3) is 0.733. The second-order valence-electron chi connectivity index (χ2n) is 6.65. The molecule has 0 spiro atoms. The van der Waals surface area contributed by atoms with Gasteiger partial charge in [0.2, 0.25) is 0 Å². The summed E-state index contributed by atoms with van der Waals surface area (Å²) in [6, 6.07) is 0.176. The fourth-order valence-electron chi connectivity index (χ4n) is 2.68. The molecule has 20 heavy (non-hydrogen) atoms. The Morgan fingerprint density at radius 2 is 2.05 bits per heavy atom. The van der Waals surface area contributed by atoms with Crippen molar-refractivity contribution in [2.24, 2.45) is 5.92 Å².